The summed E-state index contributed by atoms with van der Waals surface area (Å²) in [5, 5.41) is 10.7. The highest BCUT2D eigenvalue weighted by atomic mass is 32.2. The molecule has 1 fully saturated rings. The molecule has 0 radical (unpaired) electrons. The van der Waals surface area contributed by atoms with Crippen LogP contribution < -0.4 is 4.74 Å². The summed E-state index contributed by atoms with van der Waals surface area (Å²) in [6.07, 6.45) is 3.21. The smallest absolute Gasteiger partial charge is 0.269 e. The van der Waals surface area contributed by atoms with Crippen LogP contribution in [0.15, 0.2) is 84.9 Å². The van der Waals surface area contributed by atoms with E-state index in [-0.39, 0.29) is 17.0 Å². The topological polar surface area (TPSA) is 72.7 Å². The SMILES string of the molecule is O=C(/C=C/c1ccc([N+](=O)[O-])cc1)N1CCSC1c1ccccc1OCc1ccccc1. The van der Waals surface area contributed by atoms with Crippen molar-refractivity contribution in [2.45, 2.75) is 12.0 Å². The van der Waals surface area contributed by atoms with Crippen molar-refractivity contribution in [1.82, 2.24) is 4.90 Å². The highest BCUT2D eigenvalue weighted by molar-refractivity contribution is 7.99. The van der Waals surface area contributed by atoms with Gasteiger partial charge in [-0.05, 0) is 35.4 Å². The van der Waals surface area contributed by atoms with Gasteiger partial charge in [0.2, 0.25) is 5.91 Å². The van der Waals surface area contributed by atoms with Gasteiger partial charge in [-0.3, -0.25) is 14.9 Å². The Morgan fingerprint density at radius 1 is 1.06 bits per heavy atom. The minimum Gasteiger partial charge on any atom is -0.489 e. The second kappa shape index (κ2) is 10.2. The summed E-state index contributed by atoms with van der Waals surface area (Å²) in [7, 11) is 0. The molecule has 0 aliphatic carbocycles. The van der Waals surface area contributed by atoms with E-state index in [1.165, 1.54) is 18.2 Å². The quantitative estimate of drug-likeness (QED) is 0.274. The zero-order valence-corrected chi connectivity index (χ0v) is 18.1. The maximum Gasteiger partial charge on any atom is 0.269 e. The van der Waals surface area contributed by atoms with Crippen molar-refractivity contribution in [3.05, 3.63) is 112 Å². The van der Waals surface area contributed by atoms with Crippen LogP contribution in [0, 0.1) is 10.1 Å². The van der Waals surface area contributed by atoms with E-state index in [2.05, 4.69) is 0 Å². The number of benzene rings is 3. The second-order valence-corrected chi connectivity index (χ2v) is 8.44. The minimum atomic E-state index is -0.442. The molecule has 1 saturated heterocycles. The number of thioether (sulfide) groups is 1. The van der Waals surface area contributed by atoms with Crippen LogP contribution in [0.1, 0.15) is 22.1 Å². The van der Waals surface area contributed by atoms with E-state index in [9.17, 15) is 14.9 Å². The Kier molecular flexibility index (Phi) is 6.87. The lowest BCUT2D eigenvalue weighted by molar-refractivity contribution is -0.384. The molecule has 32 heavy (non-hydrogen) atoms. The molecule has 0 aromatic heterocycles. The first-order valence-electron chi connectivity index (χ1n) is 10.2. The van der Waals surface area contributed by atoms with Crippen LogP contribution in [-0.2, 0) is 11.4 Å². The molecule has 3 aromatic rings. The Morgan fingerprint density at radius 2 is 1.78 bits per heavy atom. The maximum absolute atomic E-state index is 12.9. The Labute approximate surface area is 190 Å². The van der Waals surface area contributed by atoms with Gasteiger partial charge in [-0.15, -0.1) is 11.8 Å². The molecule has 1 aliphatic rings. The van der Waals surface area contributed by atoms with Crippen molar-refractivity contribution in [3.63, 3.8) is 0 Å². The van der Waals surface area contributed by atoms with Crippen molar-refractivity contribution in [3.8, 4) is 5.75 Å². The number of para-hydroxylation sites is 1. The summed E-state index contributed by atoms with van der Waals surface area (Å²) < 4.78 is 6.10. The highest BCUT2D eigenvalue weighted by Crippen LogP contribution is 2.42. The Balaban J connectivity index is 1.47. The molecular formula is C25H22N2O4S. The maximum atomic E-state index is 12.9. The number of ether oxygens (including phenoxy) is 1. The Morgan fingerprint density at radius 3 is 2.53 bits per heavy atom. The molecular weight excluding hydrogens is 424 g/mol. The van der Waals surface area contributed by atoms with Gasteiger partial charge in [-0.25, -0.2) is 0 Å². The average Bonchev–Trinajstić information content (AvgIpc) is 3.32. The summed E-state index contributed by atoms with van der Waals surface area (Å²) in [6, 6.07) is 23.9. The molecule has 1 atom stereocenters. The normalized spacial score (nSPS) is 15.8. The molecule has 4 rings (SSSR count). The molecule has 3 aromatic carbocycles. The standard InChI is InChI=1S/C25H22N2O4S/c28-24(15-12-19-10-13-21(14-11-19)27(29)30)26-16-17-32-25(26)22-8-4-5-9-23(22)31-18-20-6-2-1-3-7-20/h1-15,25H,16-18H2/b15-12+. The van der Waals surface area contributed by atoms with Crippen LogP contribution in [0.2, 0.25) is 0 Å². The van der Waals surface area contributed by atoms with Crippen LogP contribution >= 0.6 is 11.8 Å². The van der Waals surface area contributed by atoms with E-state index in [1.807, 2.05) is 59.5 Å². The number of nitro groups is 1. The summed E-state index contributed by atoms with van der Waals surface area (Å²) in [5.74, 6) is 1.51. The number of nitro benzene ring substituents is 1. The average molecular weight is 447 g/mol. The fourth-order valence-corrected chi connectivity index (χ4v) is 4.76. The van der Waals surface area contributed by atoms with Crippen molar-refractivity contribution >= 4 is 29.4 Å². The number of carbonyl (C=O) groups excluding carboxylic acids is 1. The van der Waals surface area contributed by atoms with E-state index >= 15 is 0 Å². The molecule has 162 valence electrons. The van der Waals surface area contributed by atoms with Gasteiger partial charge in [0.1, 0.15) is 17.7 Å². The molecule has 0 spiro atoms. The second-order valence-electron chi connectivity index (χ2n) is 7.25. The first-order valence-corrected chi connectivity index (χ1v) is 11.3. The lowest BCUT2D eigenvalue weighted by Crippen LogP contribution is -2.29. The third-order valence-electron chi connectivity index (χ3n) is 5.12. The largest absolute Gasteiger partial charge is 0.489 e. The first kappa shape index (κ1) is 21.6. The van der Waals surface area contributed by atoms with Gasteiger partial charge in [-0.1, -0.05) is 48.5 Å². The fourth-order valence-electron chi connectivity index (χ4n) is 3.48. The Bertz CT molecular complexity index is 1120. The summed E-state index contributed by atoms with van der Waals surface area (Å²) in [5.41, 5.74) is 2.82. The molecule has 0 bridgehead atoms. The lowest BCUT2D eigenvalue weighted by Gasteiger charge is -2.24. The third-order valence-corrected chi connectivity index (χ3v) is 6.36. The zero-order chi connectivity index (χ0) is 22.3. The summed E-state index contributed by atoms with van der Waals surface area (Å²) in [6.45, 7) is 1.11. The summed E-state index contributed by atoms with van der Waals surface area (Å²) >= 11 is 1.71. The van der Waals surface area contributed by atoms with E-state index in [0.717, 1.165) is 28.2 Å². The van der Waals surface area contributed by atoms with Crippen LogP contribution in [0.4, 0.5) is 5.69 Å². The van der Waals surface area contributed by atoms with Gasteiger partial charge in [0.15, 0.2) is 0 Å². The molecule has 6 nitrogen and oxygen atoms in total. The highest BCUT2D eigenvalue weighted by Gasteiger charge is 2.31. The predicted octanol–water partition coefficient (Wildman–Crippen LogP) is 5.46. The lowest BCUT2D eigenvalue weighted by atomic mass is 10.1. The van der Waals surface area contributed by atoms with Gasteiger partial charge < -0.3 is 9.64 Å². The van der Waals surface area contributed by atoms with Crippen molar-refractivity contribution in [1.29, 1.82) is 0 Å². The van der Waals surface area contributed by atoms with Gasteiger partial charge in [0.25, 0.3) is 5.69 Å². The van der Waals surface area contributed by atoms with Crippen LogP contribution in [0.25, 0.3) is 6.08 Å². The number of hydrogen-bond donors (Lipinski definition) is 0. The number of amides is 1. The minimum absolute atomic E-state index is 0.0246. The molecule has 1 amide bonds. The fraction of sp³-hybridized carbons (Fsp3) is 0.160. The molecule has 0 saturated carbocycles. The number of non-ortho nitro benzene ring substituents is 1. The van der Waals surface area contributed by atoms with Crippen molar-refractivity contribution in [2.24, 2.45) is 0 Å². The monoisotopic (exact) mass is 446 g/mol. The van der Waals surface area contributed by atoms with Crippen molar-refractivity contribution < 1.29 is 14.5 Å². The molecule has 1 unspecified atom stereocenters. The van der Waals surface area contributed by atoms with E-state index in [4.69, 9.17) is 4.74 Å². The summed E-state index contributed by atoms with van der Waals surface area (Å²) in [4.78, 5) is 25.1. The van der Waals surface area contributed by atoms with Gasteiger partial charge in [0, 0.05) is 36.1 Å². The van der Waals surface area contributed by atoms with Crippen molar-refractivity contribution in [2.75, 3.05) is 12.3 Å². The van der Waals surface area contributed by atoms with Gasteiger partial charge in [-0.2, -0.15) is 0 Å². The Hall–Kier alpha value is -3.58. The van der Waals surface area contributed by atoms with E-state index in [1.54, 1.807) is 30.0 Å². The van der Waals surface area contributed by atoms with E-state index < -0.39 is 4.92 Å². The molecule has 1 heterocycles. The van der Waals surface area contributed by atoms with Crippen LogP contribution in [0.5, 0.6) is 5.75 Å². The molecule has 1 aliphatic heterocycles. The predicted molar refractivity (Wildman–Crippen MR) is 126 cm³/mol. The van der Waals surface area contributed by atoms with Gasteiger partial charge >= 0.3 is 0 Å². The number of hydrogen-bond acceptors (Lipinski definition) is 5. The van der Waals surface area contributed by atoms with E-state index in [0.29, 0.717) is 13.2 Å². The van der Waals surface area contributed by atoms with Crippen LogP contribution in [-0.4, -0.2) is 28.0 Å². The third kappa shape index (κ3) is 5.18. The van der Waals surface area contributed by atoms with Gasteiger partial charge in [0.05, 0.1) is 4.92 Å². The molecule has 0 N–H and O–H groups in total. The zero-order valence-electron chi connectivity index (χ0n) is 17.3. The number of carbonyl (C=O) groups is 1. The first-order chi connectivity index (χ1) is 15.6. The molecule has 7 heteroatoms. The number of rotatable bonds is 7. The van der Waals surface area contributed by atoms with Crippen LogP contribution in [0.3, 0.4) is 0 Å². The number of nitrogens with zero attached hydrogens (tertiary/aromatic N) is 2.